The van der Waals surface area contributed by atoms with E-state index in [0.717, 1.165) is 17.2 Å². The van der Waals surface area contributed by atoms with E-state index in [4.69, 9.17) is 16.3 Å². The topological polar surface area (TPSA) is 92.8 Å². The second-order valence-corrected chi connectivity index (χ2v) is 9.50. The van der Waals surface area contributed by atoms with Gasteiger partial charge in [0.1, 0.15) is 4.90 Å². The molecule has 0 aliphatic heterocycles. The molecule has 0 radical (unpaired) electrons. The van der Waals surface area contributed by atoms with Crippen molar-refractivity contribution in [3.63, 3.8) is 0 Å². The molecule has 0 heterocycles. The monoisotopic (exact) mass is 486 g/mol. The number of anilines is 1. The lowest BCUT2D eigenvalue weighted by atomic mass is 10.1. The van der Waals surface area contributed by atoms with E-state index in [9.17, 15) is 18.0 Å². The van der Waals surface area contributed by atoms with Gasteiger partial charge in [0.25, 0.3) is 5.91 Å². The van der Waals surface area contributed by atoms with Crippen molar-refractivity contribution in [1.29, 1.82) is 0 Å². The molecule has 0 aliphatic carbocycles. The van der Waals surface area contributed by atoms with Gasteiger partial charge < -0.3 is 9.64 Å². The summed E-state index contributed by atoms with van der Waals surface area (Å²) in [6, 6.07) is 20.6. The van der Waals surface area contributed by atoms with Crippen molar-refractivity contribution in [2.24, 2.45) is 0 Å². The van der Waals surface area contributed by atoms with Crippen LogP contribution in [0, 0.1) is 6.92 Å². The van der Waals surface area contributed by atoms with Crippen LogP contribution in [-0.2, 0) is 26.1 Å². The van der Waals surface area contributed by atoms with Crippen LogP contribution < -0.4 is 9.62 Å². The van der Waals surface area contributed by atoms with E-state index in [-0.39, 0.29) is 15.5 Å². The molecule has 0 aliphatic rings. The SMILES string of the molecule is CNS(=O)(=O)c1cc(C(=O)OCC(=O)N(Cc2ccccc2)c2cccc(C)c2)ccc1Cl. The Balaban J connectivity index is 1.79. The second-order valence-electron chi connectivity index (χ2n) is 7.23. The highest BCUT2D eigenvalue weighted by Gasteiger charge is 2.22. The van der Waals surface area contributed by atoms with Crippen molar-refractivity contribution in [3.05, 3.63) is 94.5 Å². The predicted octanol–water partition coefficient (Wildman–Crippen LogP) is 3.95. The van der Waals surface area contributed by atoms with Gasteiger partial charge >= 0.3 is 5.97 Å². The predicted molar refractivity (Wildman–Crippen MR) is 127 cm³/mol. The summed E-state index contributed by atoms with van der Waals surface area (Å²) in [5.74, 6) is -1.26. The molecule has 0 saturated heterocycles. The molecule has 0 spiro atoms. The number of esters is 1. The summed E-state index contributed by atoms with van der Waals surface area (Å²) in [5.41, 5.74) is 2.54. The minimum Gasteiger partial charge on any atom is -0.452 e. The summed E-state index contributed by atoms with van der Waals surface area (Å²) in [6.07, 6.45) is 0. The van der Waals surface area contributed by atoms with Crippen LogP contribution in [0.15, 0.2) is 77.7 Å². The summed E-state index contributed by atoms with van der Waals surface area (Å²) in [6.45, 7) is 1.70. The first kappa shape index (κ1) is 24.4. The zero-order valence-corrected chi connectivity index (χ0v) is 19.7. The molecule has 0 unspecified atom stereocenters. The summed E-state index contributed by atoms with van der Waals surface area (Å²) in [4.78, 5) is 26.9. The van der Waals surface area contributed by atoms with Gasteiger partial charge in [0.2, 0.25) is 10.0 Å². The van der Waals surface area contributed by atoms with Crippen LogP contribution in [0.3, 0.4) is 0 Å². The molecule has 33 heavy (non-hydrogen) atoms. The van der Waals surface area contributed by atoms with E-state index < -0.39 is 28.5 Å². The number of aryl methyl sites for hydroxylation is 1. The number of benzene rings is 3. The Morgan fingerprint density at radius 1 is 1.00 bits per heavy atom. The third-order valence-corrected chi connectivity index (χ3v) is 6.75. The lowest BCUT2D eigenvalue weighted by Gasteiger charge is -2.23. The van der Waals surface area contributed by atoms with E-state index in [2.05, 4.69) is 4.72 Å². The standard InChI is InChI=1S/C24H23ClN2O5S/c1-17-7-6-10-20(13-17)27(15-18-8-4-3-5-9-18)23(28)16-32-24(29)19-11-12-21(25)22(14-19)33(30,31)26-2/h3-14,26H,15-16H2,1-2H3. The van der Waals surface area contributed by atoms with Crippen molar-refractivity contribution >= 4 is 39.2 Å². The van der Waals surface area contributed by atoms with Crippen LogP contribution in [0.25, 0.3) is 0 Å². The number of hydrogen-bond acceptors (Lipinski definition) is 5. The van der Waals surface area contributed by atoms with Gasteiger partial charge in [0, 0.05) is 5.69 Å². The molecular weight excluding hydrogens is 464 g/mol. The quantitative estimate of drug-likeness (QED) is 0.487. The number of nitrogens with zero attached hydrogens (tertiary/aromatic N) is 1. The molecular formula is C24H23ClN2O5S. The highest BCUT2D eigenvalue weighted by Crippen LogP contribution is 2.23. The van der Waals surface area contributed by atoms with Gasteiger partial charge in [-0.25, -0.2) is 17.9 Å². The number of halogens is 1. The van der Waals surface area contributed by atoms with Gasteiger partial charge in [0.05, 0.1) is 17.1 Å². The Morgan fingerprint density at radius 2 is 1.73 bits per heavy atom. The lowest BCUT2D eigenvalue weighted by molar-refractivity contribution is -0.121. The minimum atomic E-state index is -3.87. The van der Waals surface area contributed by atoms with Crippen LogP contribution >= 0.6 is 11.6 Å². The molecule has 0 saturated carbocycles. The van der Waals surface area contributed by atoms with Crippen molar-refractivity contribution in [1.82, 2.24) is 4.72 Å². The fourth-order valence-corrected chi connectivity index (χ4v) is 4.37. The molecule has 3 aromatic carbocycles. The third kappa shape index (κ3) is 6.19. The number of rotatable bonds is 8. The first-order chi connectivity index (χ1) is 15.7. The van der Waals surface area contributed by atoms with Crippen molar-refractivity contribution in [2.45, 2.75) is 18.4 Å². The van der Waals surface area contributed by atoms with Gasteiger partial charge in [-0.05, 0) is 55.4 Å². The molecule has 172 valence electrons. The molecule has 3 rings (SSSR count). The van der Waals surface area contributed by atoms with Crippen LogP contribution in [0.1, 0.15) is 21.5 Å². The summed E-state index contributed by atoms with van der Waals surface area (Å²) in [5, 5.41) is -0.0366. The number of sulfonamides is 1. The smallest absolute Gasteiger partial charge is 0.338 e. The summed E-state index contributed by atoms with van der Waals surface area (Å²) in [7, 11) is -2.63. The normalized spacial score (nSPS) is 11.1. The fraction of sp³-hybridized carbons (Fsp3) is 0.167. The maximum atomic E-state index is 13.0. The number of nitrogens with one attached hydrogen (secondary N) is 1. The molecule has 0 atom stereocenters. The number of amides is 1. The second kappa shape index (κ2) is 10.6. The van der Waals surface area contributed by atoms with E-state index in [1.807, 2.05) is 61.5 Å². The van der Waals surface area contributed by atoms with E-state index in [1.54, 1.807) is 0 Å². The molecule has 1 N–H and O–H groups in total. The first-order valence-electron chi connectivity index (χ1n) is 10.0. The zero-order chi connectivity index (χ0) is 24.0. The van der Waals surface area contributed by atoms with Crippen molar-refractivity contribution in [2.75, 3.05) is 18.6 Å². The number of ether oxygens (including phenoxy) is 1. The molecule has 7 nitrogen and oxygen atoms in total. The first-order valence-corrected chi connectivity index (χ1v) is 11.9. The molecule has 0 aromatic heterocycles. The maximum Gasteiger partial charge on any atom is 0.338 e. The Morgan fingerprint density at radius 3 is 2.39 bits per heavy atom. The highest BCUT2D eigenvalue weighted by atomic mass is 35.5. The van der Waals surface area contributed by atoms with E-state index in [0.29, 0.717) is 12.2 Å². The van der Waals surface area contributed by atoms with E-state index in [1.165, 1.54) is 24.1 Å². The van der Waals surface area contributed by atoms with Gasteiger partial charge in [0.15, 0.2) is 6.61 Å². The molecule has 9 heteroatoms. The largest absolute Gasteiger partial charge is 0.452 e. The fourth-order valence-electron chi connectivity index (χ4n) is 3.12. The Hall–Kier alpha value is -3.20. The van der Waals surface area contributed by atoms with Crippen LogP contribution in [0.2, 0.25) is 5.02 Å². The van der Waals surface area contributed by atoms with E-state index >= 15 is 0 Å². The average molecular weight is 487 g/mol. The van der Waals surface area contributed by atoms with Crippen molar-refractivity contribution in [3.8, 4) is 0 Å². The maximum absolute atomic E-state index is 13.0. The summed E-state index contributed by atoms with van der Waals surface area (Å²) < 4.78 is 31.6. The minimum absolute atomic E-state index is 0.0359. The number of hydrogen-bond donors (Lipinski definition) is 1. The highest BCUT2D eigenvalue weighted by molar-refractivity contribution is 7.89. The average Bonchev–Trinajstić information content (AvgIpc) is 2.81. The Kier molecular flexibility index (Phi) is 7.86. The number of carbonyl (C=O) groups is 2. The zero-order valence-electron chi connectivity index (χ0n) is 18.1. The van der Waals surface area contributed by atoms with Crippen molar-refractivity contribution < 1.29 is 22.7 Å². The van der Waals surface area contributed by atoms with Gasteiger partial charge in [-0.2, -0.15) is 0 Å². The Bertz CT molecular complexity index is 1260. The van der Waals surface area contributed by atoms with Crippen LogP contribution in [0.4, 0.5) is 5.69 Å². The van der Waals surface area contributed by atoms with Gasteiger partial charge in [-0.1, -0.05) is 54.1 Å². The van der Waals surface area contributed by atoms with Crippen LogP contribution in [0.5, 0.6) is 0 Å². The molecule has 0 fully saturated rings. The summed E-state index contributed by atoms with van der Waals surface area (Å²) >= 11 is 5.96. The van der Waals surface area contributed by atoms with Gasteiger partial charge in [-0.15, -0.1) is 0 Å². The van der Waals surface area contributed by atoms with Crippen LogP contribution in [-0.4, -0.2) is 33.9 Å². The third-order valence-electron chi connectivity index (χ3n) is 4.85. The molecule has 3 aromatic rings. The van der Waals surface area contributed by atoms with Gasteiger partial charge in [-0.3, -0.25) is 4.79 Å². The molecule has 0 bridgehead atoms. The lowest BCUT2D eigenvalue weighted by Crippen LogP contribution is -2.34. The Labute approximate surface area is 198 Å². The molecule has 1 amide bonds. The number of carbonyl (C=O) groups excluding carboxylic acids is 2.